The van der Waals surface area contributed by atoms with Crippen LogP contribution in [-0.4, -0.2) is 62.7 Å². The normalized spacial score (nSPS) is 14.2. The average molecular weight is 495 g/mol. The Balaban J connectivity index is 1.45. The molecule has 3 heterocycles. The number of ether oxygens (including phenoxy) is 2. The third-order valence-electron chi connectivity index (χ3n) is 5.65. The maximum atomic E-state index is 11.6. The van der Waals surface area contributed by atoms with E-state index in [4.69, 9.17) is 9.47 Å². The number of fused-ring (bicyclic) bond motifs is 1. The molecule has 2 aromatic carbocycles. The van der Waals surface area contributed by atoms with Gasteiger partial charge in [-0.3, -0.25) is 4.72 Å². The molecule has 1 fully saturated rings. The lowest BCUT2D eigenvalue weighted by Gasteiger charge is -2.30. The fraction of sp³-hybridized carbons (Fsp3) is 0.250. The second-order valence-electron chi connectivity index (χ2n) is 8.20. The monoisotopic (exact) mass is 494 g/mol. The van der Waals surface area contributed by atoms with Crippen molar-refractivity contribution in [1.29, 1.82) is 0 Å². The van der Waals surface area contributed by atoms with Gasteiger partial charge in [0.05, 0.1) is 49.7 Å². The predicted molar refractivity (Wildman–Crippen MR) is 136 cm³/mol. The standard InChI is InChI=1S/C24H26N6O4S/c1-33-23-9-6-18(15-22(23)29-10-12-34-13-11-29)26-24-25-16-20-7-8-21(30(20)27-24)17-4-3-5-19(14-17)28-35(2,31)32/h3-9,14-16,28H,10-13H2,1-2H3,(H,26,27). The van der Waals surface area contributed by atoms with Crippen molar-refractivity contribution in [2.24, 2.45) is 0 Å². The van der Waals surface area contributed by atoms with Crippen LogP contribution >= 0.6 is 0 Å². The molecule has 0 saturated carbocycles. The van der Waals surface area contributed by atoms with Crippen LogP contribution in [-0.2, 0) is 14.8 Å². The van der Waals surface area contributed by atoms with Gasteiger partial charge in [0, 0.05) is 30.0 Å². The summed E-state index contributed by atoms with van der Waals surface area (Å²) in [6.45, 7) is 2.94. The molecule has 1 aliphatic heterocycles. The van der Waals surface area contributed by atoms with Crippen molar-refractivity contribution in [3.05, 3.63) is 60.8 Å². The molecule has 0 atom stereocenters. The Labute approximate surface area is 203 Å². The van der Waals surface area contributed by atoms with Gasteiger partial charge in [0.25, 0.3) is 0 Å². The Morgan fingerprint density at radius 1 is 1.03 bits per heavy atom. The summed E-state index contributed by atoms with van der Waals surface area (Å²) in [5.74, 6) is 1.22. The summed E-state index contributed by atoms with van der Waals surface area (Å²) in [7, 11) is -1.71. The Bertz CT molecular complexity index is 1460. The maximum absolute atomic E-state index is 11.6. The van der Waals surface area contributed by atoms with Gasteiger partial charge in [0.15, 0.2) is 0 Å². The van der Waals surface area contributed by atoms with E-state index in [0.717, 1.165) is 53.2 Å². The quantitative estimate of drug-likeness (QED) is 0.403. The summed E-state index contributed by atoms with van der Waals surface area (Å²) in [4.78, 5) is 6.70. The molecule has 2 aromatic heterocycles. The molecule has 35 heavy (non-hydrogen) atoms. The molecule has 1 saturated heterocycles. The highest BCUT2D eigenvalue weighted by Gasteiger charge is 2.17. The third kappa shape index (κ3) is 5.15. The van der Waals surface area contributed by atoms with Gasteiger partial charge in [-0.2, -0.15) is 0 Å². The molecular weight excluding hydrogens is 468 g/mol. The van der Waals surface area contributed by atoms with E-state index in [1.54, 1.807) is 36.0 Å². The van der Waals surface area contributed by atoms with Gasteiger partial charge in [-0.15, -0.1) is 5.10 Å². The summed E-state index contributed by atoms with van der Waals surface area (Å²) < 4.78 is 38.6. The van der Waals surface area contributed by atoms with Crippen molar-refractivity contribution in [3.8, 4) is 17.0 Å². The SMILES string of the molecule is COc1ccc(Nc2ncc3ccc(-c4cccc(NS(C)(=O)=O)c4)n3n2)cc1N1CCOCC1. The molecule has 11 heteroatoms. The highest BCUT2D eigenvalue weighted by Crippen LogP contribution is 2.33. The van der Waals surface area contributed by atoms with Gasteiger partial charge in [-0.1, -0.05) is 12.1 Å². The van der Waals surface area contributed by atoms with Gasteiger partial charge < -0.3 is 19.7 Å². The number of nitrogens with one attached hydrogen (secondary N) is 2. The number of rotatable bonds is 7. The highest BCUT2D eigenvalue weighted by atomic mass is 32.2. The molecule has 0 spiro atoms. The average Bonchev–Trinajstić information content (AvgIpc) is 3.27. The van der Waals surface area contributed by atoms with E-state index >= 15 is 0 Å². The van der Waals surface area contributed by atoms with E-state index in [9.17, 15) is 8.42 Å². The minimum absolute atomic E-state index is 0.429. The molecule has 5 rings (SSSR count). The molecular formula is C24H26N6O4S. The van der Waals surface area contributed by atoms with E-state index in [1.165, 1.54) is 0 Å². The number of benzene rings is 2. The van der Waals surface area contributed by atoms with Crippen molar-refractivity contribution >= 4 is 38.6 Å². The number of hydrogen-bond donors (Lipinski definition) is 2. The van der Waals surface area contributed by atoms with Gasteiger partial charge in [0.2, 0.25) is 16.0 Å². The van der Waals surface area contributed by atoms with Crippen LogP contribution in [0.25, 0.3) is 16.8 Å². The minimum atomic E-state index is -3.38. The zero-order valence-corrected chi connectivity index (χ0v) is 20.2. The molecule has 10 nitrogen and oxygen atoms in total. The van der Waals surface area contributed by atoms with Crippen LogP contribution in [0.3, 0.4) is 0 Å². The largest absolute Gasteiger partial charge is 0.495 e. The zero-order valence-electron chi connectivity index (χ0n) is 19.4. The van der Waals surface area contributed by atoms with Crippen molar-refractivity contribution in [2.75, 3.05) is 54.6 Å². The van der Waals surface area contributed by atoms with Gasteiger partial charge in [-0.25, -0.2) is 17.9 Å². The number of sulfonamides is 1. The van der Waals surface area contributed by atoms with Crippen LogP contribution in [0, 0.1) is 0 Å². The number of methoxy groups -OCH3 is 1. The smallest absolute Gasteiger partial charge is 0.245 e. The van der Waals surface area contributed by atoms with E-state index in [2.05, 4.69) is 25.0 Å². The highest BCUT2D eigenvalue weighted by molar-refractivity contribution is 7.92. The topological polar surface area (TPSA) is 110 Å². The first kappa shape index (κ1) is 22.9. The maximum Gasteiger partial charge on any atom is 0.245 e. The Kier molecular flexibility index (Phi) is 6.18. The molecule has 1 aliphatic rings. The third-order valence-corrected chi connectivity index (χ3v) is 6.25. The lowest BCUT2D eigenvalue weighted by molar-refractivity contribution is 0.122. The molecule has 0 aliphatic carbocycles. The number of nitrogens with zero attached hydrogens (tertiary/aromatic N) is 4. The number of anilines is 4. The first-order valence-electron chi connectivity index (χ1n) is 11.1. The van der Waals surface area contributed by atoms with E-state index in [-0.39, 0.29) is 0 Å². The van der Waals surface area contributed by atoms with Crippen molar-refractivity contribution in [1.82, 2.24) is 14.6 Å². The summed E-state index contributed by atoms with van der Waals surface area (Å²) in [6, 6.07) is 16.9. The Hall–Kier alpha value is -3.83. The molecule has 2 N–H and O–H groups in total. The lowest BCUT2D eigenvalue weighted by atomic mass is 10.1. The van der Waals surface area contributed by atoms with Crippen LogP contribution in [0.5, 0.6) is 5.75 Å². The minimum Gasteiger partial charge on any atom is -0.495 e. The van der Waals surface area contributed by atoms with E-state index < -0.39 is 10.0 Å². The fourth-order valence-corrected chi connectivity index (χ4v) is 4.64. The number of hydrogen-bond acceptors (Lipinski definition) is 8. The van der Waals surface area contributed by atoms with Crippen molar-refractivity contribution in [2.45, 2.75) is 0 Å². The number of aromatic nitrogens is 3. The van der Waals surface area contributed by atoms with Gasteiger partial charge in [0.1, 0.15) is 5.75 Å². The van der Waals surface area contributed by atoms with E-state index in [0.29, 0.717) is 24.8 Å². The Morgan fingerprint density at radius 2 is 1.86 bits per heavy atom. The summed E-state index contributed by atoms with van der Waals surface area (Å²) in [5.41, 5.74) is 4.75. The molecule has 0 unspecified atom stereocenters. The van der Waals surface area contributed by atoms with Crippen LogP contribution in [0.4, 0.5) is 23.0 Å². The van der Waals surface area contributed by atoms with Crippen LogP contribution in [0.2, 0.25) is 0 Å². The van der Waals surface area contributed by atoms with Crippen molar-refractivity contribution < 1.29 is 17.9 Å². The molecule has 0 amide bonds. The second kappa shape index (κ2) is 9.43. The molecule has 0 radical (unpaired) electrons. The summed E-state index contributed by atoms with van der Waals surface area (Å²) in [6.07, 6.45) is 2.87. The first-order valence-corrected chi connectivity index (χ1v) is 13.0. The van der Waals surface area contributed by atoms with Crippen LogP contribution in [0.1, 0.15) is 0 Å². The zero-order chi connectivity index (χ0) is 24.4. The lowest BCUT2D eigenvalue weighted by Crippen LogP contribution is -2.36. The Morgan fingerprint density at radius 3 is 2.63 bits per heavy atom. The van der Waals surface area contributed by atoms with Gasteiger partial charge in [-0.05, 0) is 42.5 Å². The van der Waals surface area contributed by atoms with E-state index in [1.807, 2.05) is 36.4 Å². The first-order chi connectivity index (χ1) is 16.9. The summed E-state index contributed by atoms with van der Waals surface area (Å²) >= 11 is 0. The van der Waals surface area contributed by atoms with Crippen LogP contribution < -0.4 is 19.7 Å². The predicted octanol–water partition coefficient (Wildman–Crippen LogP) is 3.36. The van der Waals surface area contributed by atoms with Gasteiger partial charge >= 0.3 is 0 Å². The van der Waals surface area contributed by atoms with Crippen molar-refractivity contribution in [3.63, 3.8) is 0 Å². The molecule has 4 aromatic rings. The molecule has 0 bridgehead atoms. The van der Waals surface area contributed by atoms with Crippen LogP contribution in [0.15, 0.2) is 60.8 Å². The number of morpholine rings is 1. The molecule has 182 valence electrons. The summed E-state index contributed by atoms with van der Waals surface area (Å²) in [5, 5.41) is 7.98. The second-order valence-corrected chi connectivity index (χ2v) is 9.95. The fourth-order valence-electron chi connectivity index (χ4n) is 4.08.